The Morgan fingerprint density at radius 1 is 1.35 bits per heavy atom. The Bertz CT molecular complexity index is 511. The molecule has 0 aliphatic heterocycles. The summed E-state index contributed by atoms with van der Waals surface area (Å²) in [5, 5.41) is 18.2. The molecule has 1 rings (SSSR count). The first kappa shape index (κ1) is 16.3. The molecule has 4 N–H and O–H groups in total. The molecule has 0 saturated carbocycles. The summed E-state index contributed by atoms with van der Waals surface area (Å²) in [6, 6.07) is 2.09. The summed E-state index contributed by atoms with van der Waals surface area (Å²) in [6.45, 7) is 2.68. The Morgan fingerprint density at radius 2 is 1.90 bits per heavy atom. The van der Waals surface area contributed by atoms with E-state index in [9.17, 15) is 13.9 Å². The van der Waals surface area contributed by atoms with Crippen molar-refractivity contribution >= 4 is 11.9 Å². The van der Waals surface area contributed by atoms with E-state index >= 15 is 0 Å². The second-order valence-electron chi connectivity index (χ2n) is 5.00. The van der Waals surface area contributed by atoms with E-state index < -0.39 is 29.4 Å². The van der Waals surface area contributed by atoms with Crippen molar-refractivity contribution in [1.82, 2.24) is 0 Å². The summed E-state index contributed by atoms with van der Waals surface area (Å²) in [5.74, 6) is -1.71. The van der Waals surface area contributed by atoms with Gasteiger partial charge in [0.25, 0.3) is 0 Å². The summed E-state index contributed by atoms with van der Waals surface area (Å²) in [5.41, 5.74) is 4.65. The molecule has 0 saturated heterocycles. The van der Waals surface area contributed by atoms with Crippen LogP contribution in [0.3, 0.4) is 0 Å². The summed E-state index contributed by atoms with van der Waals surface area (Å²) < 4.78 is 26.9. The van der Waals surface area contributed by atoms with Gasteiger partial charge >= 0.3 is 0 Å². The van der Waals surface area contributed by atoms with Crippen molar-refractivity contribution in [1.29, 1.82) is 0 Å². The van der Waals surface area contributed by atoms with Crippen LogP contribution in [0.2, 0.25) is 0 Å². The number of benzene rings is 1. The third kappa shape index (κ3) is 4.71. The van der Waals surface area contributed by atoms with Crippen molar-refractivity contribution in [2.75, 3.05) is 6.54 Å². The Hall–Kier alpha value is -1.79. The SMILES string of the molecule is CC(C)(O)CN=CC=C(N)c1cc(F)c(CO)c(F)c1. The van der Waals surface area contributed by atoms with Crippen molar-refractivity contribution in [2.45, 2.75) is 26.1 Å². The molecule has 4 nitrogen and oxygen atoms in total. The number of aliphatic hydroxyl groups is 2. The summed E-state index contributed by atoms with van der Waals surface area (Å²) in [7, 11) is 0. The molecule has 0 aromatic heterocycles. The van der Waals surface area contributed by atoms with E-state index in [1.54, 1.807) is 13.8 Å². The number of hydrogen-bond acceptors (Lipinski definition) is 4. The van der Waals surface area contributed by atoms with E-state index in [4.69, 9.17) is 10.8 Å². The second-order valence-corrected chi connectivity index (χ2v) is 5.00. The average Bonchev–Trinajstić information content (AvgIpc) is 2.32. The van der Waals surface area contributed by atoms with Gasteiger partial charge in [-0.3, -0.25) is 4.99 Å². The molecular weight excluding hydrogens is 266 g/mol. The zero-order valence-corrected chi connectivity index (χ0v) is 11.4. The molecule has 110 valence electrons. The van der Waals surface area contributed by atoms with Crippen LogP contribution in [-0.2, 0) is 6.61 Å². The van der Waals surface area contributed by atoms with Crippen LogP contribution in [0.5, 0.6) is 0 Å². The minimum absolute atomic E-state index is 0.131. The molecule has 0 spiro atoms. The van der Waals surface area contributed by atoms with Crippen molar-refractivity contribution < 1.29 is 19.0 Å². The van der Waals surface area contributed by atoms with E-state index in [1.807, 2.05) is 0 Å². The third-order valence-electron chi connectivity index (χ3n) is 2.47. The van der Waals surface area contributed by atoms with Gasteiger partial charge in [0.15, 0.2) is 0 Å². The predicted molar refractivity (Wildman–Crippen MR) is 74.1 cm³/mol. The van der Waals surface area contributed by atoms with Crippen LogP contribution in [0, 0.1) is 11.6 Å². The minimum atomic E-state index is -0.930. The largest absolute Gasteiger partial charge is 0.398 e. The molecule has 0 aliphatic carbocycles. The molecule has 0 unspecified atom stereocenters. The Labute approximate surface area is 116 Å². The van der Waals surface area contributed by atoms with Crippen LogP contribution in [0.4, 0.5) is 8.78 Å². The maximum Gasteiger partial charge on any atom is 0.132 e. The second kappa shape index (κ2) is 6.58. The minimum Gasteiger partial charge on any atom is -0.398 e. The van der Waals surface area contributed by atoms with Crippen LogP contribution < -0.4 is 5.73 Å². The number of nitrogens with two attached hydrogens (primary N) is 1. The van der Waals surface area contributed by atoms with Gasteiger partial charge < -0.3 is 15.9 Å². The van der Waals surface area contributed by atoms with Gasteiger partial charge in [0.05, 0.1) is 18.8 Å². The first-order valence-corrected chi connectivity index (χ1v) is 6.01. The number of allylic oxidation sites excluding steroid dienone is 1. The van der Waals surface area contributed by atoms with Crippen LogP contribution in [0.1, 0.15) is 25.0 Å². The normalized spacial score (nSPS) is 13.2. The van der Waals surface area contributed by atoms with Crippen LogP contribution >= 0.6 is 0 Å². The fourth-order valence-electron chi connectivity index (χ4n) is 1.43. The van der Waals surface area contributed by atoms with Gasteiger partial charge in [-0.05, 0) is 32.1 Å². The molecule has 20 heavy (non-hydrogen) atoms. The Kier molecular flexibility index (Phi) is 5.35. The summed E-state index contributed by atoms with van der Waals surface area (Å²) in [6.07, 6.45) is 2.75. The molecule has 0 bridgehead atoms. The van der Waals surface area contributed by atoms with Crippen LogP contribution in [0.15, 0.2) is 23.2 Å². The standard InChI is InChI=1S/C14H18F2N2O2/c1-14(2,20)8-18-4-3-13(17)9-5-11(15)10(7-19)12(16)6-9/h3-6,19-20H,7-8,17H2,1-2H3. The lowest BCUT2D eigenvalue weighted by atomic mass is 10.1. The lowest BCUT2D eigenvalue weighted by molar-refractivity contribution is 0.0906. The molecule has 0 amide bonds. The third-order valence-corrected chi connectivity index (χ3v) is 2.47. The molecule has 0 heterocycles. The smallest absolute Gasteiger partial charge is 0.132 e. The molecule has 1 aromatic rings. The van der Waals surface area contributed by atoms with E-state index in [2.05, 4.69) is 4.99 Å². The van der Waals surface area contributed by atoms with E-state index in [0.29, 0.717) is 0 Å². The average molecular weight is 284 g/mol. The number of aliphatic imine (C=N–C) groups is 1. The van der Waals surface area contributed by atoms with Crippen molar-refractivity contribution in [3.63, 3.8) is 0 Å². The zero-order chi connectivity index (χ0) is 15.3. The number of halogens is 2. The highest BCUT2D eigenvalue weighted by Crippen LogP contribution is 2.18. The fraction of sp³-hybridized carbons (Fsp3) is 0.357. The quantitative estimate of drug-likeness (QED) is 0.719. The van der Waals surface area contributed by atoms with Crippen LogP contribution in [-0.4, -0.2) is 28.6 Å². The molecule has 0 fully saturated rings. The van der Waals surface area contributed by atoms with Gasteiger partial charge in [0.2, 0.25) is 0 Å². The molecular formula is C14H18F2N2O2. The van der Waals surface area contributed by atoms with Gasteiger partial charge in [-0.2, -0.15) is 0 Å². The topological polar surface area (TPSA) is 78.8 Å². The molecule has 0 radical (unpaired) electrons. The highest BCUT2D eigenvalue weighted by molar-refractivity contribution is 5.83. The molecule has 6 heteroatoms. The number of nitrogens with zero attached hydrogens (tertiary/aromatic N) is 1. The van der Waals surface area contributed by atoms with Crippen molar-refractivity contribution in [3.8, 4) is 0 Å². The lowest BCUT2D eigenvalue weighted by Crippen LogP contribution is -2.22. The number of aliphatic hydroxyl groups excluding tert-OH is 1. The van der Waals surface area contributed by atoms with Gasteiger partial charge in [-0.25, -0.2) is 8.78 Å². The highest BCUT2D eigenvalue weighted by atomic mass is 19.1. The van der Waals surface area contributed by atoms with Gasteiger partial charge in [-0.1, -0.05) is 0 Å². The number of rotatable bonds is 5. The van der Waals surface area contributed by atoms with E-state index in [1.165, 1.54) is 12.3 Å². The van der Waals surface area contributed by atoms with Crippen molar-refractivity contribution in [3.05, 3.63) is 41.0 Å². The monoisotopic (exact) mass is 284 g/mol. The maximum atomic E-state index is 13.5. The Morgan fingerprint density at radius 3 is 2.35 bits per heavy atom. The highest BCUT2D eigenvalue weighted by Gasteiger charge is 2.11. The van der Waals surface area contributed by atoms with E-state index in [0.717, 1.165) is 12.1 Å². The summed E-state index contributed by atoms with van der Waals surface area (Å²) in [4.78, 5) is 3.93. The van der Waals surface area contributed by atoms with Crippen molar-refractivity contribution in [2.24, 2.45) is 10.7 Å². The number of hydrogen-bond donors (Lipinski definition) is 3. The zero-order valence-electron chi connectivity index (χ0n) is 11.4. The van der Waals surface area contributed by atoms with Gasteiger partial charge in [-0.15, -0.1) is 0 Å². The van der Waals surface area contributed by atoms with Gasteiger partial charge in [0, 0.05) is 23.0 Å². The predicted octanol–water partition coefficient (Wildman–Crippen LogP) is 1.60. The molecule has 1 aromatic carbocycles. The van der Waals surface area contributed by atoms with Gasteiger partial charge in [0.1, 0.15) is 11.6 Å². The maximum absolute atomic E-state index is 13.5. The first-order chi connectivity index (χ1) is 9.24. The Balaban J connectivity index is 2.90. The van der Waals surface area contributed by atoms with E-state index in [-0.39, 0.29) is 17.8 Å². The van der Waals surface area contributed by atoms with Crippen LogP contribution in [0.25, 0.3) is 5.70 Å². The fourth-order valence-corrected chi connectivity index (χ4v) is 1.43. The summed E-state index contributed by atoms with van der Waals surface area (Å²) >= 11 is 0. The first-order valence-electron chi connectivity index (χ1n) is 6.01. The molecule has 0 aliphatic rings. The lowest BCUT2D eigenvalue weighted by Gasteiger charge is -2.12. The molecule has 0 atom stereocenters.